The van der Waals surface area contributed by atoms with Crippen molar-refractivity contribution in [3.05, 3.63) is 47.5 Å². The third-order valence-corrected chi connectivity index (χ3v) is 4.13. The average Bonchev–Trinajstić information content (AvgIpc) is 2.83. The van der Waals surface area contributed by atoms with Crippen molar-refractivity contribution < 1.29 is 4.74 Å². The minimum atomic E-state index is 0.675. The fourth-order valence-electron chi connectivity index (χ4n) is 2.27. The van der Waals surface area contributed by atoms with Crippen LogP contribution in [0.2, 0.25) is 0 Å². The lowest BCUT2D eigenvalue weighted by Crippen LogP contribution is -1.96. The number of nitrogen functional groups attached to an aromatic ring is 1. The van der Waals surface area contributed by atoms with Crippen LogP contribution in [0.5, 0.6) is 10.9 Å². The lowest BCUT2D eigenvalue weighted by atomic mass is 10.1. The molecule has 0 unspecified atom stereocenters. The van der Waals surface area contributed by atoms with Crippen molar-refractivity contribution >= 4 is 27.2 Å². The molecule has 0 atom stereocenters. The zero-order chi connectivity index (χ0) is 14.1. The quantitative estimate of drug-likeness (QED) is 0.718. The second-order valence-electron chi connectivity index (χ2n) is 4.73. The van der Waals surface area contributed by atoms with Crippen molar-refractivity contribution in [2.24, 2.45) is 0 Å². The van der Waals surface area contributed by atoms with Crippen molar-refractivity contribution in [1.82, 2.24) is 4.98 Å². The van der Waals surface area contributed by atoms with Gasteiger partial charge in [0.2, 0.25) is 0 Å². The Morgan fingerprint density at radius 3 is 2.80 bits per heavy atom. The fraction of sp³-hybridized carbons (Fsp3) is 0.188. The normalized spacial score (nSPS) is 10.9. The molecule has 0 saturated heterocycles. The van der Waals surface area contributed by atoms with Gasteiger partial charge in [-0.1, -0.05) is 30.4 Å². The van der Waals surface area contributed by atoms with Crippen LogP contribution >= 0.6 is 11.3 Å². The molecular formula is C16H16N2OS. The zero-order valence-electron chi connectivity index (χ0n) is 11.5. The van der Waals surface area contributed by atoms with Gasteiger partial charge < -0.3 is 10.5 Å². The van der Waals surface area contributed by atoms with Gasteiger partial charge in [0.05, 0.1) is 10.2 Å². The Labute approximate surface area is 122 Å². The van der Waals surface area contributed by atoms with Crippen molar-refractivity contribution in [3.8, 4) is 10.9 Å². The summed E-state index contributed by atoms with van der Waals surface area (Å²) in [6.07, 6.45) is 0.881. The maximum absolute atomic E-state index is 6.02. The Morgan fingerprint density at radius 2 is 2.05 bits per heavy atom. The Kier molecular flexibility index (Phi) is 3.32. The Hall–Kier alpha value is -2.07. The number of nitrogens with two attached hydrogens (primary N) is 1. The number of aromatic nitrogens is 1. The summed E-state index contributed by atoms with van der Waals surface area (Å²) >= 11 is 1.56. The highest BCUT2D eigenvalue weighted by atomic mass is 32.1. The molecule has 3 nitrogen and oxygen atoms in total. The number of thiazole rings is 1. The highest BCUT2D eigenvalue weighted by Crippen LogP contribution is 2.35. The molecule has 0 radical (unpaired) electrons. The standard InChI is InChI=1S/C16H16N2OS/c1-3-11-9-12(17)8-10(2)15(11)19-16-18-13-6-4-5-7-14(13)20-16/h4-9H,3,17H2,1-2H3. The summed E-state index contributed by atoms with van der Waals surface area (Å²) in [5, 5.41) is 0.675. The molecular weight excluding hydrogens is 268 g/mol. The van der Waals surface area contributed by atoms with Gasteiger partial charge in [0, 0.05) is 5.69 Å². The number of rotatable bonds is 3. The molecule has 2 N–H and O–H groups in total. The summed E-state index contributed by atoms with van der Waals surface area (Å²) in [4.78, 5) is 4.51. The number of anilines is 1. The van der Waals surface area contributed by atoms with Crippen molar-refractivity contribution in [3.63, 3.8) is 0 Å². The average molecular weight is 284 g/mol. The number of benzene rings is 2. The highest BCUT2D eigenvalue weighted by Gasteiger charge is 2.11. The van der Waals surface area contributed by atoms with E-state index in [0.717, 1.165) is 39.2 Å². The van der Waals surface area contributed by atoms with Crippen LogP contribution in [0.25, 0.3) is 10.2 Å². The van der Waals surface area contributed by atoms with Gasteiger partial charge in [-0.3, -0.25) is 0 Å². The first-order valence-electron chi connectivity index (χ1n) is 6.60. The van der Waals surface area contributed by atoms with Crippen LogP contribution in [-0.4, -0.2) is 4.98 Å². The van der Waals surface area contributed by atoms with E-state index in [1.165, 1.54) is 0 Å². The molecule has 3 aromatic rings. The summed E-state index contributed by atoms with van der Waals surface area (Å²) in [5.74, 6) is 0.876. The second kappa shape index (κ2) is 5.13. The number of ether oxygens (including phenoxy) is 1. The third-order valence-electron chi connectivity index (χ3n) is 3.22. The van der Waals surface area contributed by atoms with E-state index in [9.17, 15) is 0 Å². The third kappa shape index (κ3) is 2.34. The molecule has 4 heteroatoms. The molecule has 0 aliphatic heterocycles. The first kappa shape index (κ1) is 12.9. The van der Waals surface area contributed by atoms with Crippen LogP contribution in [0.3, 0.4) is 0 Å². The molecule has 20 heavy (non-hydrogen) atoms. The molecule has 0 aliphatic rings. The van der Waals surface area contributed by atoms with E-state index in [2.05, 4.69) is 18.0 Å². The molecule has 0 amide bonds. The number of fused-ring (bicyclic) bond motifs is 1. The Morgan fingerprint density at radius 1 is 1.25 bits per heavy atom. The molecule has 0 aliphatic carbocycles. The Bertz CT molecular complexity index is 731. The molecule has 102 valence electrons. The number of nitrogens with zero attached hydrogens (tertiary/aromatic N) is 1. The van der Waals surface area contributed by atoms with Crippen LogP contribution < -0.4 is 10.5 Å². The van der Waals surface area contributed by atoms with Gasteiger partial charge in [-0.2, -0.15) is 0 Å². The van der Waals surface area contributed by atoms with Crippen LogP contribution in [0.1, 0.15) is 18.1 Å². The molecule has 3 rings (SSSR count). The summed E-state index contributed by atoms with van der Waals surface area (Å²) in [6, 6.07) is 11.9. The minimum absolute atomic E-state index is 0.675. The van der Waals surface area contributed by atoms with Gasteiger partial charge in [-0.05, 0) is 48.7 Å². The lowest BCUT2D eigenvalue weighted by molar-refractivity contribution is 0.471. The highest BCUT2D eigenvalue weighted by molar-refractivity contribution is 7.20. The molecule has 0 fully saturated rings. The van der Waals surface area contributed by atoms with E-state index in [1.54, 1.807) is 11.3 Å². The smallest absolute Gasteiger partial charge is 0.279 e. The van der Waals surface area contributed by atoms with Crippen molar-refractivity contribution in [1.29, 1.82) is 0 Å². The maximum atomic E-state index is 6.02. The van der Waals surface area contributed by atoms with E-state index in [4.69, 9.17) is 10.5 Å². The van der Waals surface area contributed by atoms with E-state index in [1.807, 2.05) is 37.3 Å². The molecule has 0 bridgehead atoms. The van der Waals surface area contributed by atoms with E-state index < -0.39 is 0 Å². The number of hydrogen-bond donors (Lipinski definition) is 1. The monoisotopic (exact) mass is 284 g/mol. The van der Waals surface area contributed by atoms with Crippen LogP contribution in [0, 0.1) is 6.92 Å². The van der Waals surface area contributed by atoms with E-state index >= 15 is 0 Å². The topological polar surface area (TPSA) is 48.1 Å². The van der Waals surface area contributed by atoms with Gasteiger partial charge in [0.1, 0.15) is 5.75 Å². The molecule has 1 heterocycles. The SMILES string of the molecule is CCc1cc(N)cc(C)c1Oc1nc2ccccc2s1. The zero-order valence-corrected chi connectivity index (χ0v) is 12.3. The van der Waals surface area contributed by atoms with Crippen LogP contribution in [0.4, 0.5) is 5.69 Å². The van der Waals surface area contributed by atoms with Gasteiger partial charge in [0.25, 0.3) is 5.19 Å². The fourth-order valence-corrected chi connectivity index (χ4v) is 3.09. The van der Waals surface area contributed by atoms with Crippen LogP contribution in [0.15, 0.2) is 36.4 Å². The van der Waals surface area contributed by atoms with E-state index in [0.29, 0.717) is 5.19 Å². The van der Waals surface area contributed by atoms with Gasteiger partial charge in [0.15, 0.2) is 0 Å². The lowest BCUT2D eigenvalue weighted by Gasteiger charge is -2.11. The summed E-state index contributed by atoms with van der Waals surface area (Å²) in [6.45, 7) is 4.11. The van der Waals surface area contributed by atoms with Gasteiger partial charge >= 0.3 is 0 Å². The van der Waals surface area contributed by atoms with Crippen molar-refractivity contribution in [2.75, 3.05) is 5.73 Å². The Balaban J connectivity index is 2.02. The molecule has 1 aromatic heterocycles. The molecule has 0 spiro atoms. The predicted molar refractivity (Wildman–Crippen MR) is 84.7 cm³/mol. The van der Waals surface area contributed by atoms with Gasteiger partial charge in [-0.25, -0.2) is 4.98 Å². The minimum Gasteiger partial charge on any atom is -0.430 e. The number of hydrogen-bond acceptors (Lipinski definition) is 4. The summed E-state index contributed by atoms with van der Waals surface area (Å²) in [7, 11) is 0. The summed E-state index contributed by atoms with van der Waals surface area (Å²) in [5.41, 5.74) is 9.79. The molecule has 0 saturated carbocycles. The second-order valence-corrected chi connectivity index (χ2v) is 5.72. The van der Waals surface area contributed by atoms with Crippen LogP contribution in [-0.2, 0) is 6.42 Å². The van der Waals surface area contributed by atoms with Gasteiger partial charge in [-0.15, -0.1) is 0 Å². The number of para-hydroxylation sites is 1. The van der Waals surface area contributed by atoms with Crippen molar-refractivity contribution in [2.45, 2.75) is 20.3 Å². The van der Waals surface area contributed by atoms with E-state index in [-0.39, 0.29) is 0 Å². The summed E-state index contributed by atoms with van der Waals surface area (Å²) < 4.78 is 7.16. The largest absolute Gasteiger partial charge is 0.430 e. The predicted octanol–water partition coefficient (Wildman–Crippen LogP) is 4.54. The molecule has 2 aromatic carbocycles. The maximum Gasteiger partial charge on any atom is 0.279 e. The first-order chi connectivity index (χ1) is 9.67. The first-order valence-corrected chi connectivity index (χ1v) is 7.41. The number of aryl methyl sites for hydroxylation is 2.